The smallest absolute Gasteiger partial charge is 0.325 e. The summed E-state index contributed by atoms with van der Waals surface area (Å²) < 4.78 is 5.46. The Labute approximate surface area is 149 Å². The second-order valence-corrected chi connectivity index (χ2v) is 7.78. The number of amides is 4. The topological polar surface area (TPSA) is 87.7 Å². The first-order valence-corrected chi connectivity index (χ1v) is 9.57. The summed E-state index contributed by atoms with van der Waals surface area (Å²) in [6.07, 6.45) is 4.31. The van der Waals surface area contributed by atoms with E-state index in [1.54, 1.807) is 11.3 Å². The number of hydrogen-bond donors (Lipinski definition) is 2. The maximum absolute atomic E-state index is 13.0. The average Bonchev–Trinajstić information content (AvgIpc) is 3.32. The van der Waals surface area contributed by atoms with Crippen molar-refractivity contribution in [3.05, 3.63) is 21.9 Å². The highest BCUT2D eigenvalue weighted by atomic mass is 32.1. The lowest BCUT2D eigenvalue weighted by atomic mass is 9.80. The molecule has 0 aromatic carbocycles. The number of carbonyl (C=O) groups is 3. The predicted molar refractivity (Wildman–Crippen MR) is 91.2 cm³/mol. The quantitative estimate of drug-likeness (QED) is 0.785. The first kappa shape index (κ1) is 16.5. The Morgan fingerprint density at radius 3 is 3.12 bits per heavy atom. The van der Waals surface area contributed by atoms with Crippen LogP contribution in [0.25, 0.3) is 0 Å². The van der Waals surface area contributed by atoms with E-state index < -0.39 is 11.6 Å². The highest BCUT2D eigenvalue weighted by Gasteiger charge is 2.54. The highest BCUT2D eigenvalue weighted by molar-refractivity contribution is 7.10. The Morgan fingerprint density at radius 1 is 1.44 bits per heavy atom. The zero-order valence-electron chi connectivity index (χ0n) is 13.9. The Hall–Kier alpha value is -1.93. The summed E-state index contributed by atoms with van der Waals surface area (Å²) in [7, 11) is 0. The van der Waals surface area contributed by atoms with Crippen molar-refractivity contribution in [2.45, 2.75) is 43.7 Å². The van der Waals surface area contributed by atoms with Crippen LogP contribution < -0.4 is 10.6 Å². The Balaban J connectivity index is 1.44. The van der Waals surface area contributed by atoms with E-state index in [9.17, 15) is 14.4 Å². The molecule has 2 aliphatic heterocycles. The van der Waals surface area contributed by atoms with Crippen LogP contribution in [0.3, 0.4) is 0 Å². The second kappa shape index (κ2) is 6.42. The van der Waals surface area contributed by atoms with Crippen LogP contribution in [-0.2, 0) is 26.3 Å². The van der Waals surface area contributed by atoms with E-state index in [1.165, 1.54) is 0 Å². The summed E-state index contributed by atoms with van der Waals surface area (Å²) in [4.78, 5) is 39.7. The molecule has 0 bridgehead atoms. The van der Waals surface area contributed by atoms with Crippen molar-refractivity contribution in [3.63, 3.8) is 0 Å². The fraction of sp³-hybridized carbons (Fsp3) is 0.588. The summed E-state index contributed by atoms with van der Waals surface area (Å²) in [5.41, 5.74) is -0.0937. The largest absolute Gasteiger partial charge is 0.376 e. The minimum absolute atomic E-state index is 0.0325. The van der Waals surface area contributed by atoms with E-state index in [0.717, 1.165) is 47.6 Å². The number of nitrogens with zero attached hydrogens (tertiary/aromatic N) is 1. The number of imide groups is 1. The molecule has 8 heteroatoms. The first-order chi connectivity index (χ1) is 12.1. The molecule has 0 unspecified atom stereocenters. The Bertz CT molecular complexity index is 713. The molecular formula is C17H21N3O4S. The van der Waals surface area contributed by atoms with Crippen LogP contribution in [0.15, 0.2) is 11.4 Å². The molecule has 3 aliphatic rings. The summed E-state index contributed by atoms with van der Waals surface area (Å²) in [5.74, 6) is -0.651. The molecule has 1 aromatic rings. The molecule has 1 aromatic heterocycles. The second-order valence-electron chi connectivity index (χ2n) is 6.78. The highest BCUT2D eigenvalue weighted by Crippen LogP contribution is 2.41. The summed E-state index contributed by atoms with van der Waals surface area (Å²) in [5, 5.41) is 7.57. The molecule has 0 radical (unpaired) electrons. The van der Waals surface area contributed by atoms with Crippen molar-refractivity contribution in [1.82, 2.24) is 15.5 Å². The lowest BCUT2D eigenvalue weighted by Crippen LogP contribution is -2.47. The molecule has 7 nitrogen and oxygen atoms in total. The third-order valence-electron chi connectivity index (χ3n) is 5.19. The standard InChI is InChI=1S/C17H21N3O4S/c21-14(18-9-11-3-2-7-24-11)10-20-15(22)17(19-16(20)23)6-1-4-13-12(17)5-8-25-13/h5,8,11H,1-4,6-7,9-10H2,(H,18,21)(H,19,23)/t11-,17-/m0/s1. The van der Waals surface area contributed by atoms with Gasteiger partial charge in [-0.3, -0.25) is 14.5 Å². The fourth-order valence-electron chi connectivity index (χ4n) is 3.92. The van der Waals surface area contributed by atoms with Crippen molar-refractivity contribution in [1.29, 1.82) is 0 Å². The van der Waals surface area contributed by atoms with Gasteiger partial charge in [0.2, 0.25) is 5.91 Å². The van der Waals surface area contributed by atoms with Gasteiger partial charge in [-0.05, 0) is 43.6 Å². The van der Waals surface area contributed by atoms with Gasteiger partial charge in [0.15, 0.2) is 0 Å². The van der Waals surface area contributed by atoms with Crippen molar-refractivity contribution in [3.8, 4) is 0 Å². The van der Waals surface area contributed by atoms with E-state index in [2.05, 4.69) is 10.6 Å². The van der Waals surface area contributed by atoms with E-state index in [-0.39, 0.29) is 24.5 Å². The van der Waals surface area contributed by atoms with Crippen LogP contribution in [0.1, 0.15) is 36.1 Å². The summed E-state index contributed by atoms with van der Waals surface area (Å²) in [6, 6.07) is 1.43. The number of ether oxygens (including phenoxy) is 1. The molecule has 4 amide bonds. The predicted octanol–water partition coefficient (Wildman–Crippen LogP) is 1.13. The number of aryl methyl sites for hydroxylation is 1. The van der Waals surface area contributed by atoms with Crippen molar-refractivity contribution >= 4 is 29.2 Å². The number of urea groups is 1. The fourth-order valence-corrected chi connectivity index (χ4v) is 4.92. The molecule has 3 heterocycles. The molecule has 2 atom stereocenters. The zero-order valence-corrected chi connectivity index (χ0v) is 14.7. The molecule has 25 heavy (non-hydrogen) atoms. The van der Waals surface area contributed by atoms with E-state index in [0.29, 0.717) is 13.0 Å². The number of carbonyl (C=O) groups excluding carboxylic acids is 3. The summed E-state index contributed by atoms with van der Waals surface area (Å²) >= 11 is 1.61. The van der Waals surface area contributed by atoms with Crippen molar-refractivity contribution in [2.24, 2.45) is 0 Å². The van der Waals surface area contributed by atoms with Crippen LogP contribution in [-0.4, -0.2) is 48.5 Å². The first-order valence-electron chi connectivity index (χ1n) is 8.69. The van der Waals surface area contributed by atoms with Crippen molar-refractivity contribution in [2.75, 3.05) is 19.7 Å². The lowest BCUT2D eigenvalue weighted by Gasteiger charge is -2.31. The normalized spacial score (nSPS) is 28.3. The molecule has 2 fully saturated rings. The van der Waals surface area contributed by atoms with Crippen LogP contribution in [0.2, 0.25) is 0 Å². The molecule has 2 N–H and O–H groups in total. The minimum atomic E-state index is -0.987. The maximum Gasteiger partial charge on any atom is 0.325 e. The molecule has 134 valence electrons. The van der Waals surface area contributed by atoms with E-state index in [1.807, 2.05) is 11.4 Å². The van der Waals surface area contributed by atoms with Crippen LogP contribution in [0.5, 0.6) is 0 Å². The van der Waals surface area contributed by atoms with Gasteiger partial charge in [-0.1, -0.05) is 0 Å². The van der Waals surface area contributed by atoms with Crippen LogP contribution >= 0.6 is 11.3 Å². The SMILES string of the molecule is O=C(CN1C(=O)N[C@]2(CCCc3sccc32)C1=O)NC[C@@H]1CCCO1. The van der Waals surface area contributed by atoms with Gasteiger partial charge < -0.3 is 15.4 Å². The molecule has 2 saturated heterocycles. The van der Waals surface area contributed by atoms with Gasteiger partial charge in [-0.2, -0.15) is 0 Å². The third-order valence-corrected chi connectivity index (χ3v) is 6.17. The minimum Gasteiger partial charge on any atom is -0.376 e. The maximum atomic E-state index is 13.0. The molecule has 0 saturated carbocycles. The number of nitrogens with one attached hydrogen (secondary N) is 2. The van der Waals surface area contributed by atoms with Gasteiger partial charge in [0.25, 0.3) is 5.91 Å². The third kappa shape index (κ3) is 2.83. The van der Waals surface area contributed by atoms with E-state index in [4.69, 9.17) is 4.74 Å². The Morgan fingerprint density at radius 2 is 2.32 bits per heavy atom. The van der Waals surface area contributed by atoms with Gasteiger partial charge >= 0.3 is 6.03 Å². The van der Waals surface area contributed by atoms with Gasteiger partial charge in [0.1, 0.15) is 12.1 Å². The molecule has 1 aliphatic carbocycles. The average molecular weight is 363 g/mol. The number of hydrogen-bond acceptors (Lipinski definition) is 5. The van der Waals surface area contributed by atoms with Gasteiger partial charge in [0, 0.05) is 23.6 Å². The molecule has 1 spiro atoms. The molecular weight excluding hydrogens is 342 g/mol. The number of fused-ring (bicyclic) bond motifs is 2. The van der Waals surface area contributed by atoms with Crippen molar-refractivity contribution < 1.29 is 19.1 Å². The van der Waals surface area contributed by atoms with Gasteiger partial charge in [0.05, 0.1) is 6.10 Å². The van der Waals surface area contributed by atoms with Gasteiger partial charge in [-0.25, -0.2) is 4.79 Å². The Kier molecular flexibility index (Phi) is 4.24. The zero-order chi connectivity index (χ0) is 17.4. The number of rotatable bonds is 4. The summed E-state index contributed by atoms with van der Waals surface area (Å²) in [6.45, 7) is 0.889. The lowest BCUT2D eigenvalue weighted by molar-refractivity contribution is -0.135. The molecule has 4 rings (SSSR count). The van der Waals surface area contributed by atoms with Crippen LogP contribution in [0.4, 0.5) is 4.79 Å². The van der Waals surface area contributed by atoms with Crippen LogP contribution in [0, 0.1) is 0 Å². The van der Waals surface area contributed by atoms with Gasteiger partial charge in [-0.15, -0.1) is 11.3 Å². The monoisotopic (exact) mass is 363 g/mol. The number of thiophene rings is 1. The van der Waals surface area contributed by atoms with E-state index >= 15 is 0 Å².